The second-order valence-electron chi connectivity index (χ2n) is 6.30. The Morgan fingerprint density at radius 2 is 2.17 bits per heavy atom. The number of piperidine rings is 1. The Hall–Kier alpha value is -1.73. The molecule has 1 N–H and O–H groups in total. The number of piperazine rings is 1. The van der Waals surface area contributed by atoms with E-state index in [0.29, 0.717) is 24.5 Å². The van der Waals surface area contributed by atoms with Crippen molar-refractivity contribution in [3.05, 3.63) is 22.4 Å². The maximum atomic E-state index is 12.4. The third-order valence-corrected chi connectivity index (χ3v) is 5.59. The van der Waals surface area contributed by atoms with Gasteiger partial charge in [0.25, 0.3) is 0 Å². The van der Waals surface area contributed by atoms with Crippen molar-refractivity contribution >= 4 is 28.9 Å². The lowest BCUT2D eigenvalue weighted by atomic mass is 10.0. The Morgan fingerprint density at radius 3 is 2.92 bits per heavy atom. The zero-order chi connectivity index (χ0) is 16.9. The first-order valence-electron chi connectivity index (χ1n) is 8.50. The average molecular weight is 349 g/mol. The highest BCUT2D eigenvalue weighted by Crippen LogP contribution is 2.19. The summed E-state index contributed by atoms with van der Waals surface area (Å²) in [4.78, 5) is 41.0. The summed E-state index contributed by atoms with van der Waals surface area (Å²) in [5.41, 5.74) is 0. The van der Waals surface area contributed by atoms with Crippen molar-refractivity contribution in [3.63, 3.8) is 0 Å². The molecule has 1 atom stereocenters. The van der Waals surface area contributed by atoms with Gasteiger partial charge >= 0.3 is 0 Å². The summed E-state index contributed by atoms with van der Waals surface area (Å²) in [7, 11) is 0. The van der Waals surface area contributed by atoms with Crippen LogP contribution in [0.1, 0.15) is 35.4 Å². The molecule has 0 aromatic carbocycles. The summed E-state index contributed by atoms with van der Waals surface area (Å²) in [6, 6.07) is 3.76. The maximum absolute atomic E-state index is 12.4. The minimum atomic E-state index is 0.0205. The number of ketones is 1. The zero-order valence-electron chi connectivity index (χ0n) is 13.7. The van der Waals surface area contributed by atoms with Gasteiger partial charge in [-0.05, 0) is 24.3 Å². The van der Waals surface area contributed by atoms with E-state index < -0.39 is 0 Å². The van der Waals surface area contributed by atoms with Crippen LogP contribution in [-0.2, 0) is 9.59 Å². The molecular formula is C17H23N3O3S. The summed E-state index contributed by atoms with van der Waals surface area (Å²) in [5, 5.41) is 4.95. The van der Waals surface area contributed by atoms with Gasteiger partial charge in [0.1, 0.15) is 0 Å². The fourth-order valence-electron chi connectivity index (χ4n) is 3.38. The van der Waals surface area contributed by atoms with Crippen LogP contribution in [0.25, 0.3) is 0 Å². The molecule has 7 heteroatoms. The molecule has 2 fully saturated rings. The van der Waals surface area contributed by atoms with Crippen LogP contribution in [0.4, 0.5) is 0 Å². The molecule has 24 heavy (non-hydrogen) atoms. The molecule has 0 aliphatic carbocycles. The second-order valence-corrected chi connectivity index (χ2v) is 7.25. The molecule has 1 aromatic heterocycles. The van der Waals surface area contributed by atoms with E-state index in [1.54, 1.807) is 6.07 Å². The quantitative estimate of drug-likeness (QED) is 0.809. The molecule has 0 bridgehead atoms. The van der Waals surface area contributed by atoms with Gasteiger partial charge in [-0.15, -0.1) is 11.3 Å². The van der Waals surface area contributed by atoms with Crippen molar-refractivity contribution in [2.24, 2.45) is 0 Å². The average Bonchev–Trinajstić information content (AvgIpc) is 3.14. The van der Waals surface area contributed by atoms with Crippen LogP contribution >= 0.6 is 11.3 Å². The fourth-order valence-corrected chi connectivity index (χ4v) is 4.08. The first-order valence-corrected chi connectivity index (χ1v) is 9.38. The third kappa shape index (κ3) is 4.02. The molecule has 2 amide bonds. The van der Waals surface area contributed by atoms with Crippen LogP contribution in [0.2, 0.25) is 0 Å². The Morgan fingerprint density at radius 1 is 1.29 bits per heavy atom. The second kappa shape index (κ2) is 7.90. The lowest BCUT2D eigenvalue weighted by Crippen LogP contribution is -2.57. The molecule has 130 valence electrons. The van der Waals surface area contributed by atoms with E-state index in [2.05, 4.69) is 5.32 Å². The number of hydrogen-bond acceptors (Lipinski definition) is 5. The molecule has 3 heterocycles. The monoisotopic (exact) mass is 349 g/mol. The first kappa shape index (κ1) is 17.1. The molecule has 2 aliphatic rings. The predicted molar refractivity (Wildman–Crippen MR) is 92.1 cm³/mol. The zero-order valence-corrected chi connectivity index (χ0v) is 14.5. The van der Waals surface area contributed by atoms with Crippen LogP contribution in [0, 0.1) is 0 Å². The number of Topliss-reactive ketones (excluding diaryl/α,β-unsaturated/α-hetero) is 1. The van der Waals surface area contributed by atoms with E-state index in [4.69, 9.17) is 0 Å². The summed E-state index contributed by atoms with van der Waals surface area (Å²) in [6.07, 6.45) is 2.36. The number of amides is 2. The number of thiophene rings is 1. The summed E-state index contributed by atoms with van der Waals surface area (Å²) in [6.45, 7) is 3.23. The number of nitrogens with one attached hydrogen (secondary N) is 1. The van der Waals surface area contributed by atoms with E-state index >= 15 is 0 Å². The van der Waals surface area contributed by atoms with Gasteiger partial charge in [-0.3, -0.25) is 14.4 Å². The first-order chi connectivity index (χ1) is 11.6. The van der Waals surface area contributed by atoms with Gasteiger partial charge in [0.2, 0.25) is 11.8 Å². The molecule has 1 unspecified atom stereocenters. The van der Waals surface area contributed by atoms with Gasteiger partial charge in [-0.2, -0.15) is 0 Å². The predicted octanol–water partition coefficient (Wildman–Crippen LogP) is 1.13. The molecule has 3 rings (SSSR count). The van der Waals surface area contributed by atoms with Crippen LogP contribution in [-0.4, -0.2) is 66.2 Å². The Labute approximate surface area is 145 Å². The molecule has 2 aliphatic heterocycles. The molecule has 6 nitrogen and oxygen atoms in total. The fraction of sp³-hybridized carbons (Fsp3) is 0.588. The normalized spacial score (nSPS) is 21.8. The van der Waals surface area contributed by atoms with E-state index in [1.165, 1.54) is 11.3 Å². The number of likely N-dealkylation sites (tertiary alicyclic amines) is 1. The van der Waals surface area contributed by atoms with Gasteiger partial charge in [0, 0.05) is 45.1 Å². The smallest absolute Gasteiger partial charge is 0.236 e. The van der Waals surface area contributed by atoms with Gasteiger partial charge in [0.15, 0.2) is 5.78 Å². The number of carbonyl (C=O) groups excluding carboxylic acids is 3. The lowest BCUT2D eigenvalue weighted by molar-refractivity contribution is -0.140. The summed E-state index contributed by atoms with van der Waals surface area (Å²) in [5.74, 6) is 0.171. The largest absolute Gasteiger partial charge is 0.341 e. The minimum Gasteiger partial charge on any atom is -0.341 e. The van der Waals surface area contributed by atoms with Crippen molar-refractivity contribution < 1.29 is 14.4 Å². The minimum absolute atomic E-state index is 0.0205. The van der Waals surface area contributed by atoms with E-state index in [-0.39, 0.29) is 36.5 Å². The van der Waals surface area contributed by atoms with E-state index in [1.807, 2.05) is 21.2 Å². The Balaban J connectivity index is 1.51. The molecular weight excluding hydrogens is 326 g/mol. The van der Waals surface area contributed by atoms with Crippen molar-refractivity contribution in [3.8, 4) is 0 Å². The number of carbonyl (C=O) groups is 3. The van der Waals surface area contributed by atoms with Gasteiger partial charge in [-0.1, -0.05) is 6.07 Å². The number of nitrogens with zero attached hydrogens (tertiary/aromatic N) is 2. The Kier molecular flexibility index (Phi) is 5.63. The van der Waals surface area contributed by atoms with Crippen LogP contribution < -0.4 is 5.32 Å². The highest BCUT2D eigenvalue weighted by Gasteiger charge is 2.31. The molecule has 1 aromatic rings. The number of hydrogen-bond donors (Lipinski definition) is 1. The van der Waals surface area contributed by atoms with Gasteiger partial charge in [0.05, 0.1) is 11.4 Å². The topological polar surface area (TPSA) is 69.7 Å². The standard InChI is InChI=1S/C17H23N3O3S/c21-14(15-4-2-10-24-15)5-6-16(22)19-8-1-3-13(12-19)20-9-7-18-11-17(20)23/h2,4,10,13,18H,1,3,5-9,11-12H2. The highest BCUT2D eigenvalue weighted by molar-refractivity contribution is 7.12. The molecule has 2 saturated heterocycles. The van der Waals surface area contributed by atoms with E-state index in [0.717, 1.165) is 25.9 Å². The van der Waals surface area contributed by atoms with E-state index in [9.17, 15) is 14.4 Å². The Bertz CT molecular complexity index is 602. The van der Waals surface area contributed by atoms with Crippen LogP contribution in [0.5, 0.6) is 0 Å². The van der Waals surface area contributed by atoms with Crippen molar-refractivity contribution in [1.29, 1.82) is 0 Å². The van der Waals surface area contributed by atoms with Gasteiger partial charge in [-0.25, -0.2) is 0 Å². The molecule has 0 spiro atoms. The third-order valence-electron chi connectivity index (χ3n) is 4.68. The summed E-state index contributed by atoms with van der Waals surface area (Å²) >= 11 is 1.41. The van der Waals surface area contributed by atoms with Crippen molar-refractivity contribution in [1.82, 2.24) is 15.1 Å². The SMILES string of the molecule is O=C(CCC(=O)N1CCCC(N2CCNCC2=O)C1)c1cccs1. The van der Waals surface area contributed by atoms with Crippen molar-refractivity contribution in [2.45, 2.75) is 31.7 Å². The lowest BCUT2D eigenvalue weighted by Gasteiger charge is -2.41. The van der Waals surface area contributed by atoms with Crippen molar-refractivity contribution in [2.75, 3.05) is 32.7 Å². The van der Waals surface area contributed by atoms with Crippen LogP contribution in [0.15, 0.2) is 17.5 Å². The number of rotatable bonds is 5. The van der Waals surface area contributed by atoms with Crippen LogP contribution in [0.3, 0.4) is 0 Å². The molecule has 0 saturated carbocycles. The maximum Gasteiger partial charge on any atom is 0.236 e. The van der Waals surface area contributed by atoms with Gasteiger partial charge < -0.3 is 15.1 Å². The highest BCUT2D eigenvalue weighted by atomic mass is 32.1. The molecule has 0 radical (unpaired) electrons. The summed E-state index contributed by atoms with van der Waals surface area (Å²) < 4.78 is 0.